The summed E-state index contributed by atoms with van der Waals surface area (Å²) < 4.78 is 41.9. The van der Waals surface area contributed by atoms with Crippen LogP contribution < -0.4 is 10.3 Å². The van der Waals surface area contributed by atoms with Gasteiger partial charge >= 0.3 is 0 Å². The fourth-order valence-electron chi connectivity index (χ4n) is 5.36. The van der Waals surface area contributed by atoms with Crippen LogP contribution in [0.25, 0.3) is 22.4 Å². The van der Waals surface area contributed by atoms with Crippen LogP contribution in [0.3, 0.4) is 0 Å². The van der Waals surface area contributed by atoms with Crippen molar-refractivity contribution in [3.8, 4) is 17.1 Å². The van der Waals surface area contributed by atoms with Gasteiger partial charge in [0.05, 0.1) is 41.6 Å². The summed E-state index contributed by atoms with van der Waals surface area (Å²) in [6.07, 6.45) is 2.18. The van der Waals surface area contributed by atoms with Gasteiger partial charge < -0.3 is 19.4 Å². The van der Waals surface area contributed by atoms with Gasteiger partial charge in [-0.15, -0.1) is 0 Å². The number of aryl methyl sites for hydroxylation is 3. The molecule has 0 atom stereocenters. The number of fused-ring (bicyclic) bond motifs is 1. The number of aliphatic hydroxyl groups is 1. The maximum absolute atomic E-state index is 13.7. The van der Waals surface area contributed by atoms with E-state index in [1.165, 1.54) is 16.4 Å². The van der Waals surface area contributed by atoms with Gasteiger partial charge in [0.2, 0.25) is 10.0 Å². The summed E-state index contributed by atoms with van der Waals surface area (Å²) in [6, 6.07) is 4.68. The third kappa shape index (κ3) is 6.23. The number of aromatic amines is 1. The summed E-state index contributed by atoms with van der Waals surface area (Å²) >= 11 is 0. The second-order valence-corrected chi connectivity index (χ2v) is 12.7. The van der Waals surface area contributed by atoms with Crippen LogP contribution in [-0.2, 0) is 23.0 Å². The monoisotopic (exact) mass is 613 g/mol. The van der Waals surface area contributed by atoms with E-state index in [1.807, 2.05) is 32.6 Å². The van der Waals surface area contributed by atoms with Crippen LogP contribution in [0.2, 0.25) is 0 Å². The summed E-state index contributed by atoms with van der Waals surface area (Å²) in [7, 11) is -3.83. The number of hydrogen-bond acceptors (Lipinski definition) is 10. The topological polar surface area (TPSA) is 160 Å². The van der Waals surface area contributed by atoms with Crippen LogP contribution in [0, 0.1) is 13.8 Å². The van der Waals surface area contributed by atoms with Crippen molar-refractivity contribution in [2.45, 2.75) is 58.4 Å². The lowest BCUT2D eigenvalue weighted by atomic mass is 10.1. The number of aromatic nitrogens is 5. The second kappa shape index (κ2) is 13.0. The van der Waals surface area contributed by atoms with E-state index in [-0.39, 0.29) is 22.8 Å². The Bertz CT molecular complexity index is 1730. The van der Waals surface area contributed by atoms with Gasteiger partial charge in [-0.1, -0.05) is 25.4 Å². The van der Waals surface area contributed by atoms with Crippen LogP contribution in [0.1, 0.15) is 49.4 Å². The molecule has 5 rings (SSSR count). The van der Waals surface area contributed by atoms with Gasteiger partial charge in [-0.25, -0.2) is 13.4 Å². The van der Waals surface area contributed by atoms with E-state index in [4.69, 9.17) is 14.2 Å². The third-order valence-corrected chi connectivity index (χ3v) is 9.62. The largest absolute Gasteiger partial charge is 0.493 e. The summed E-state index contributed by atoms with van der Waals surface area (Å²) in [6.45, 7) is 10.8. The average molecular weight is 614 g/mol. The molecule has 3 aromatic heterocycles. The van der Waals surface area contributed by atoms with Gasteiger partial charge in [-0.2, -0.15) is 9.40 Å². The first-order valence-electron chi connectivity index (χ1n) is 14.7. The van der Waals surface area contributed by atoms with Gasteiger partial charge in [0.1, 0.15) is 22.9 Å². The molecule has 2 N–H and O–H groups in total. The number of rotatable bonds is 12. The molecule has 4 heterocycles. The molecule has 1 aliphatic rings. The second-order valence-electron chi connectivity index (χ2n) is 10.7. The van der Waals surface area contributed by atoms with Crippen molar-refractivity contribution in [1.82, 2.24) is 34.1 Å². The summed E-state index contributed by atoms with van der Waals surface area (Å²) in [5.74, 6) is 1.33. The van der Waals surface area contributed by atoms with E-state index in [2.05, 4.69) is 15.2 Å². The lowest BCUT2D eigenvalue weighted by Gasteiger charge is -2.33. The molecule has 4 aromatic rings. The first-order valence-corrected chi connectivity index (χ1v) is 16.1. The molecule has 1 aromatic carbocycles. The van der Waals surface area contributed by atoms with Crippen molar-refractivity contribution in [3.05, 3.63) is 51.3 Å². The molecule has 232 valence electrons. The van der Waals surface area contributed by atoms with Gasteiger partial charge in [0, 0.05) is 38.3 Å². The van der Waals surface area contributed by atoms with Crippen LogP contribution in [0.5, 0.6) is 5.75 Å². The number of β-amino-alcohol motifs (C(OH)–C–C–N with tert-alkyl or cyclic N) is 1. The van der Waals surface area contributed by atoms with E-state index in [0.717, 1.165) is 29.8 Å². The molecule has 43 heavy (non-hydrogen) atoms. The minimum absolute atomic E-state index is 0.0313. The Balaban J connectivity index is 1.58. The zero-order chi connectivity index (χ0) is 30.7. The minimum atomic E-state index is -3.83. The number of benzene rings is 1. The number of nitrogens with one attached hydrogen (secondary N) is 1. The quantitative estimate of drug-likeness (QED) is 0.243. The van der Waals surface area contributed by atoms with Crippen LogP contribution >= 0.6 is 0 Å². The average Bonchev–Trinajstić information content (AvgIpc) is 3.51. The summed E-state index contributed by atoms with van der Waals surface area (Å²) in [5, 5.41) is 17.9. The summed E-state index contributed by atoms with van der Waals surface area (Å²) in [5.41, 5.74) is 3.07. The normalized spacial score (nSPS) is 15.0. The highest BCUT2D eigenvalue weighted by Crippen LogP contribution is 2.33. The number of aliphatic hydroxyl groups excluding tert-OH is 1. The highest BCUT2D eigenvalue weighted by molar-refractivity contribution is 7.89. The lowest BCUT2D eigenvalue weighted by Crippen LogP contribution is -2.49. The fraction of sp³-hybridized carbons (Fsp3) is 0.517. The molecular weight excluding hydrogens is 574 g/mol. The van der Waals surface area contributed by atoms with E-state index in [0.29, 0.717) is 74.9 Å². The van der Waals surface area contributed by atoms with Crippen molar-refractivity contribution < 1.29 is 22.8 Å². The van der Waals surface area contributed by atoms with Gasteiger partial charge in [0.15, 0.2) is 5.52 Å². The molecule has 0 unspecified atom stereocenters. The Hall–Kier alpha value is -3.59. The minimum Gasteiger partial charge on any atom is -0.493 e. The number of H-pyrrole nitrogens is 1. The molecular formula is C29H39N7O6S. The molecule has 0 aliphatic carbocycles. The van der Waals surface area contributed by atoms with E-state index >= 15 is 0 Å². The number of sulfonamides is 1. The first-order chi connectivity index (χ1) is 20.7. The fourth-order valence-corrected chi connectivity index (χ4v) is 6.81. The molecule has 1 saturated heterocycles. The van der Waals surface area contributed by atoms with Crippen LogP contribution in [0.4, 0.5) is 0 Å². The van der Waals surface area contributed by atoms with Crippen molar-refractivity contribution in [1.29, 1.82) is 0 Å². The highest BCUT2D eigenvalue weighted by Gasteiger charge is 2.30. The van der Waals surface area contributed by atoms with Gasteiger partial charge in [-0.3, -0.25) is 14.4 Å². The molecule has 0 bridgehead atoms. The number of piperazine rings is 1. The molecule has 0 spiro atoms. The third-order valence-electron chi connectivity index (χ3n) is 7.73. The Morgan fingerprint density at radius 2 is 1.86 bits per heavy atom. The SMILES string of the molecule is CCCOc1ccc(S(=O)(=O)N2CCN(CCO)CC2)cc1-c1nc2c(CCC)n(Cc3c(C)noc3C)nc2c(=O)[nH]1. The highest BCUT2D eigenvalue weighted by atomic mass is 32.2. The van der Waals surface area contributed by atoms with Crippen LogP contribution in [0.15, 0.2) is 32.4 Å². The van der Waals surface area contributed by atoms with Crippen LogP contribution in [-0.4, -0.2) is 93.6 Å². The molecule has 0 saturated carbocycles. The molecule has 1 fully saturated rings. The zero-order valence-corrected chi connectivity index (χ0v) is 25.9. The molecule has 14 heteroatoms. The molecule has 0 amide bonds. The van der Waals surface area contributed by atoms with E-state index < -0.39 is 15.6 Å². The Morgan fingerprint density at radius 1 is 1.09 bits per heavy atom. The molecule has 13 nitrogen and oxygen atoms in total. The van der Waals surface area contributed by atoms with E-state index in [9.17, 15) is 18.3 Å². The first kappa shape index (κ1) is 30.9. The predicted octanol–water partition coefficient (Wildman–Crippen LogP) is 2.48. The maximum atomic E-state index is 13.7. The van der Waals surface area contributed by atoms with Crippen molar-refractivity contribution in [2.24, 2.45) is 0 Å². The number of nitrogens with zero attached hydrogens (tertiary/aromatic N) is 6. The number of ether oxygens (including phenoxy) is 1. The standard InChI is InChI=1S/C29H39N7O6S/c1-5-7-24-26-27(32-36(24)18-23-19(3)33-42-20(23)4)29(38)31-28(30-26)22-17-21(8-9-25(22)41-16-6-2)43(39,40)35-12-10-34(11-13-35)14-15-37/h8-9,17,37H,5-7,10-16,18H2,1-4H3,(H,30,31,38). The maximum Gasteiger partial charge on any atom is 0.279 e. The van der Waals surface area contributed by atoms with Crippen molar-refractivity contribution in [3.63, 3.8) is 0 Å². The molecule has 0 radical (unpaired) electrons. The summed E-state index contributed by atoms with van der Waals surface area (Å²) in [4.78, 5) is 23.2. The van der Waals surface area contributed by atoms with Gasteiger partial charge in [0.25, 0.3) is 5.56 Å². The predicted molar refractivity (Wildman–Crippen MR) is 161 cm³/mol. The van der Waals surface area contributed by atoms with E-state index in [1.54, 1.807) is 10.7 Å². The Kier molecular flexibility index (Phi) is 9.30. The Morgan fingerprint density at radius 3 is 2.51 bits per heavy atom. The zero-order valence-electron chi connectivity index (χ0n) is 25.1. The van der Waals surface area contributed by atoms with Crippen molar-refractivity contribution >= 4 is 21.1 Å². The lowest BCUT2D eigenvalue weighted by molar-refractivity contribution is 0.151. The molecule has 1 aliphatic heterocycles. The smallest absolute Gasteiger partial charge is 0.279 e. The Labute approximate surface area is 250 Å². The number of hydrogen-bond donors (Lipinski definition) is 2. The van der Waals surface area contributed by atoms with Gasteiger partial charge in [-0.05, 0) is 44.9 Å². The van der Waals surface area contributed by atoms with Crippen molar-refractivity contribution in [2.75, 3.05) is 45.9 Å².